The van der Waals surface area contributed by atoms with Gasteiger partial charge in [0.15, 0.2) is 0 Å². The van der Waals surface area contributed by atoms with E-state index < -0.39 is 0 Å². The molecule has 2 atom stereocenters. The Kier molecular flexibility index (Phi) is 3.21. The molecule has 0 amide bonds. The van der Waals surface area contributed by atoms with Gasteiger partial charge in [0.2, 0.25) is 0 Å². The molecule has 112 valence electrons. The molecule has 2 fully saturated rings. The van der Waals surface area contributed by atoms with Crippen LogP contribution in [-0.4, -0.2) is 49.7 Å². The van der Waals surface area contributed by atoms with Crippen molar-refractivity contribution in [2.75, 3.05) is 32.8 Å². The summed E-state index contributed by atoms with van der Waals surface area (Å²) >= 11 is 0. The molecule has 3 aliphatic rings. The predicted octanol–water partition coefficient (Wildman–Crippen LogP) is 1.01. The standard InChI is InChI=1S/C16H20N2O3/c1-10-12(2-3-13-14(10)9-21-16(13)19)15-7-18-5-4-17-6-11(18)8-20-15/h2-3,11,15,17H,4-9H2,1H3/t11-,15+/m1/s1. The van der Waals surface area contributed by atoms with Crippen molar-refractivity contribution in [3.8, 4) is 0 Å². The first-order chi connectivity index (χ1) is 10.2. The van der Waals surface area contributed by atoms with Crippen LogP contribution in [0.5, 0.6) is 0 Å². The fourth-order valence-corrected chi connectivity index (χ4v) is 3.61. The van der Waals surface area contributed by atoms with Gasteiger partial charge in [-0.3, -0.25) is 4.90 Å². The Hall–Kier alpha value is -1.43. The van der Waals surface area contributed by atoms with E-state index in [2.05, 4.69) is 17.1 Å². The molecule has 0 spiro atoms. The lowest BCUT2D eigenvalue weighted by Crippen LogP contribution is -2.57. The summed E-state index contributed by atoms with van der Waals surface area (Å²) in [6, 6.07) is 4.42. The van der Waals surface area contributed by atoms with Gasteiger partial charge in [-0.25, -0.2) is 4.79 Å². The third kappa shape index (κ3) is 2.16. The highest BCUT2D eigenvalue weighted by molar-refractivity contribution is 5.93. The number of esters is 1. The molecule has 2 saturated heterocycles. The van der Waals surface area contributed by atoms with Crippen LogP contribution in [0.25, 0.3) is 0 Å². The third-order valence-corrected chi connectivity index (χ3v) is 4.92. The highest BCUT2D eigenvalue weighted by Crippen LogP contribution is 2.33. The smallest absolute Gasteiger partial charge is 0.338 e. The predicted molar refractivity (Wildman–Crippen MR) is 77.2 cm³/mol. The van der Waals surface area contributed by atoms with Crippen LogP contribution in [-0.2, 0) is 16.1 Å². The Bertz CT molecular complexity index is 587. The first kappa shape index (κ1) is 13.2. The molecule has 4 rings (SSSR count). The molecule has 5 nitrogen and oxygen atoms in total. The average Bonchev–Trinajstić information content (AvgIpc) is 2.90. The van der Waals surface area contributed by atoms with Crippen LogP contribution in [0.2, 0.25) is 0 Å². The van der Waals surface area contributed by atoms with E-state index in [1.165, 1.54) is 5.56 Å². The van der Waals surface area contributed by atoms with Gasteiger partial charge in [0.1, 0.15) is 6.61 Å². The fourth-order valence-electron chi connectivity index (χ4n) is 3.61. The number of ether oxygens (including phenoxy) is 2. The van der Waals surface area contributed by atoms with E-state index >= 15 is 0 Å². The van der Waals surface area contributed by atoms with Crippen molar-refractivity contribution in [3.63, 3.8) is 0 Å². The maximum absolute atomic E-state index is 11.6. The van der Waals surface area contributed by atoms with Crippen LogP contribution in [0.3, 0.4) is 0 Å². The van der Waals surface area contributed by atoms with Gasteiger partial charge in [-0.1, -0.05) is 6.07 Å². The Morgan fingerprint density at radius 2 is 2.29 bits per heavy atom. The zero-order valence-electron chi connectivity index (χ0n) is 12.2. The Labute approximate surface area is 124 Å². The number of carbonyl (C=O) groups is 1. The number of hydrogen-bond donors (Lipinski definition) is 1. The molecule has 0 aromatic heterocycles. The van der Waals surface area contributed by atoms with Crippen LogP contribution < -0.4 is 5.32 Å². The van der Waals surface area contributed by atoms with Crippen molar-refractivity contribution in [2.24, 2.45) is 0 Å². The van der Waals surface area contributed by atoms with E-state index in [4.69, 9.17) is 9.47 Å². The molecule has 5 heteroatoms. The SMILES string of the molecule is Cc1c([C@@H]2CN3CCNC[C@@H]3CO2)ccc2c1COC2=O. The van der Waals surface area contributed by atoms with Crippen LogP contribution in [0.15, 0.2) is 12.1 Å². The number of fused-ring (bicyclic) bond motifs is 2. The van der Waals surface area contributed by atoms with Gasteiger partial charge < -0.3 is 14.8 Å². The summed E-state index contributed by atoms with van der Waals surface area (Å²) in [4.78, 5) is 14.1. The minimum atomic E-state index is -0.202. The third-order valence-electron chi connectivity index (χ3n) is 4.92. The zero-order valence-corrected chi connectivity index (χ0v) is 12.2. The Balaban J connectivity index is 1.61. The van der Waals surface area contributed by atoms with E-state index in [0.29, 0.717) is 18.2 Å². The van der Waals surface area contributed by atoms with E-state index in [1.54, 1.807) is 0 Å². The second kappa shape index (κ2) is 5.09. The molecule has 1 aromatic rings. The van der Waals surface area contributed by atoms with Crippen molar-refractivity contribution < 1.29 is 14.3 Å². The lowest BCUT2D eigenvalue weighted by molar-refractivity contribution is -0.0720. The molecule has 0 radical (unpaired) electrons. The molecule has 3 aliphatic heterocycles. The zero-order chi connectivity index (χ0) is 14.4. The molecule has 3 heterocycles. The minimum absolute atomic E-state index is 0.0975. The summed E-state index contributed by atoms with van der Waals surface area (Å²) < 4.78 is 11.2. The van der Waals surface area contributed by atoms with Crippen LogP contribution in [0.1, 0.15) is 33.2 Å². The molecular weight excluding hydrogens is 268 g/mol. The lowest BCUT2D eigenvalue weighted by Gasteiger charge is -2.43. The number of carbonyl (C=O) groups excluding carboxylic acids is 1. The summed E-state index contributed by atoms with van der Waals surface area (Å²) in [7, 11) is 0. The minimum Gasteiger partial charge on any atom is -0.457 e. The molecule has 1 N–H and O–H groups in total. The van der Waals surface area contributed by atoms with Gasteiger partial charge in [0.25, 0.3) is 0 Å². The maximum Gasteiger partial charge on any atom is 0.338 e. The van der Waals surface area contributed by atoms with E-state index in [0.717, 1.165) is 43.9 Å². The van der Waals surface area contributed by atoms with Crippen LogP contribution in [0.4, 0.5) is 0 Å². The monoisotopic (exact) mass is 288 g/mol. The average molecular weight is 288 g/mol. The van der Waals surface area contributed by atoms with Crippen molar-refractivity contribution >= 4 is 5.97 Å². The van der Waals surface area contributed by atoms with Gasteiger partial charge in [0, 0.05) is 37.8 Å². The first-order valence-electron chi connectivity index (χ1n) is 7.60. The number of cyclic esters (lactones) is 1. The van der Waals surface area contributed by atoms with Gasteiger partial charge in [-0.2, -0.15) is 0 Å². The molecule has 0 aliphatic carbocycles. The van der Waals surface area contributed by atoms with E-state index in [9.17, 15) is 4.79 Å². The van der Waals surface area contributed by atoms with Gasteiger partial charge in [-0.15, -0.1) is 0 Å². The van der Waals surface area contributed by atoms with Crippen LogP contribution >= 0.6 is 0 Å². The number of nitrogens with one attached hydrogen (secondary N) is 1. The number of benzene rings is 1. The summed E-state index contributed by atoms with van der Waals surface area (Å²) in [5.74, 6) is -0.202. The van der Waals surface area contributed by atoms with E-state index in [1.807, 2.05) is 12.1 Å². The summed E-state index contributed by atoms with van der Waals surface area (Å²) in [5, 5.41) is 3.41. The normalized spacial score (nSPS) is 28.9. The van der Waals surface area contributed by atoms with Crippen molar-refractivity contribution in [2.45, 2.75) is 25.7 Å². The topological polar surface area (TPSA) is 50.8 Å². The highest BCUT2D eigenvalue weighted by Gasteiger charge is 2.33. The highest BCUT2D eigenvalue weighted by atomic mass is 16.5. The summed E-state index contributed by atoms with van der Waals surface area (Å²) in [5.41, 5.74) is 4.09. The molecule has 21 heavy (non-hydrogen) atoms. The second-order valence-electron chi connectivity index (χ2n) is 6.06. The quantitative estimate of drug-likeness (QED) is 0.782. The first-order valence-corrected chi connectivity index (χ1v) is 7.60. The van der Waals surface area contributed by atoms with Crippen molar-refractivity contribution in [1.29, 1.82) is 0 Å². The number of nitrogens with zero attached hydrogens (tertiary/aromatic N) is 1. The Morgan fingerprint density at radius 3 is 3.19 bits per heavy atom. The Morgan fingerprint density at radius 1 is 1.38 bits per heavy atom. The molecule has 0 unspecified atom stereocenters. The number of piperazine rings is 1. The number of hydrogen-bond acceptors (Lipinski definition) is 5. The van der Waals surface area contributed by atoms with Gasteiger partial charge in [-0.05, 0) is 24.1 Å². The number of rotatable bonds is 1. The summed E-state index contributed by atoms with van der Waals surface area (Å²) in [6.45, 7) is 7.31. The van der Waals surface area contributed by atoms with Crippen LogP contribution in [0, 0.1) is 6.92 Å². The molecule has 1 aromatic carbocycles. The number of morpholine rings is 1. The molecule has 0 saturated carbocycles. The largest absolute Gasteiger partial charge is 0.457 e. The molecule has 0 bridgehead atoms. The summed E-state index contributed by atoms with van der Waals surface area (Å²) in [6.07, 6.45) is 0.0975. The second-order valence-corrected chi connectivity index (χ2v) is 6.06. The molecular formula is C16H20N2O3. The maximum atomic E-state index is 11.6. The lowest BCUT2D eigenvalue weighted by atomic mass is 9.94. The van der Waals surface area contributed by atoms with Gasteiger partial charge in [0.05, 0.1) is 18.3 Å². The fraction of sp³-hybridized carbons (Fsp3) is 0.562. The van der Waals surface area contributed by atoms with Crippen molar-refractivity contribution in [3.05, 3.63) is 34.4 Å². The van der Waals surface area contributed by atoms with Gasteiger partial charge >= 0.3 is 5.97 Å². The van der Waals surface area contributed by atoms with Crippen molar-refractivity contribution in [1.82, 2.24) is 10.2 Å². The van der Waals surface area contributed by atoms with E-state index in [-0.39, 0.29) is 12.1 Å².